The summed E-state index contributed by atoms with van der Waals surface area (Å²) < 4.78 is 0. The number of rotatable bonds is 5. The van der Waals surface area contributed by atoms with E-state index in [9.17, 15) is 0 Å². The van der Waals surface area contributed by atoms with Crippen LogP contribution in [-0.2, 0) is 9.75 Å². The van der Waals surface area contributed by atoms with E-state index < -0.39 is 9.75 Å². The summed E-state index contributed by atoms with van der Waals surface area (Å²) in [4.78, 5) is -1.17. The Balaban J connectivity index is 1.41. The van der Waals surface area contributed by atoms with E-state index in [-0.39, 0.29) is 0 Å². The van der Waals surface area contributed by atoms with Gasteiger partial charge in [-0.1, -0.05) is 97.1 Å². The van der Waals surface area contributed by atoms with Crippen molar-refractivity contribution >= 4 is 34.3 Å². The Labute approximate surface area is 236 Å². The fourth-order valence-electron chi connectivity index (χ4n) is 6.65. The number of halogens is 2. The highest BCUT2D eigenvalue weighted by molar-refractivity contribution is 6.29. The molecule has 0 nitrogen and oxygen atoms in total. The number of benzene rings is 4. The van der Waals surface area contributed by atoms with Crippen molar-refractivity contribution in [3.8, 4) is 22.3 Å². The molecule has 0 bridgehead atoms. The molecule has 0 radical (unpaired) electrons. The molecule has 190 valence electrons. The highest BCUT2D eigenvalue weighted by Gasteiger charge is 2.46. The van der Waals surface area contributed by atoms with Gasteiger partial charge in [-0.3, -0.25) is 0 Å². The second-order valence-electron chi connectivity index (χ2n) is 10.8. The quantitative estimate of drug-likeness (QED) is 0.223. The van der Waals surface area contributed by atoms with E-state index in [4.69, 9.17) is 23.2 Å². The molecule has 0 saturated heterocycles. The van der Waals surface area contributed by atoms with Gasteiger partial charge in [0.2, 0.25) is 0 Å². The van der Waals surface area contributed by atoms with E-state index in [1.807, 2.05) is 0 Å². The first-order valence-electron chi connectivity index (χ1n) is 13.4. The lowest BCUT2D eigenvalue weighted by atomic mass is 9.82. The molecule has 2 aliphatic carbocycles. The summed E-state index contributed by atoms with van der Waals surface area (Å²) in [6.07, 6.45) is 1.51. The van der Waals surface area contributed by atoms with Crippen LogP contribution in [0.1, 0.15) is 62.8 Å². The van der Waals surface area contributed by atoms with Gasteiger partial charge in [0, 0.05) is 0 Å². The molecule has 2 heteroatoms. The largest absolute Gasteiger partial charge is 0.109 e. The van der Waals surface area contributed by atoms with Crippen LogP contribution in [-0.4, -0.2) is 0 Å². The standard InChI is InChI=1S/C36H32Cl2/c1-23-25(3)35(37,31-19-11-17-29(33(23)31)27-13-7-5-8-14-27)21-22-36(38)26(4)24(2)34-30(18-12-20-32(34)36)28-15-9-6-10-16-28/h5-20H,21-22H2,1-4H3. The third-order valence-electron chi connectivity index (χ3n) is 9.03. The molecule has 4 aromatic carbocycles. The predicted molar refractivity (Wildman–Crippen MR) is 165 cm³/mol. The van der Waals surface area contributed by atoms with Crippen molar-refractivity contribution in [3.63, 3.8) is 0 Å². The third kappa shape index (κ3) is 3.65. The molecular formula is C36H32Cl2. The van der Waals surface area contributed by atoms with Crippen LogP contribution >= 0.6 is 23.2 Å². The first kappa shape index (κ1) is 25.2. The lowest BCUT2D eigenvalue weighted by Crippen LogP contribution is -2.25. The van der Waals surface area contributed by atoms with Crippen LogP contribution in [0.4, 0.5) is 0 Å². The van der Waals surface area contributed by atoms with Crippen molar-refractivity contribution in [1.29, 1.82) is 0 Å². The minimum atomic E-state index is -0.583. The zero-order valence-corrected chi connectivity index (χ0v) is 23.9. The molecule has 0 heterocycles. The van der Waals surface area contributed by atoms with Crippen molar-refractivity contribution in [2.75, 3.05) is 0 Å². The summed E-state index contributed by atoms with van der Waals surface area (Å²) in [6, 6.07) is 34.4. The van der Waals surface area contributed by atoms with Crippen LogP contribution in [0, 0.1) is 0 Å². The molecule has 0 fully saturated rings. The number of alkyl halides is 2. The zero-order valence-electron chi connectivity index (χ0n) is 22.4. The van der Waals surface area contributed by atoms with E-state index in [0.717, 1.165) is 12.8 Å². The van der Waals surface area contributed by atoms with Gasteiger partial charge in [-0.15, -0.1) is 23.2 Å². The van der Waals surface area contributed by atoms with Crippen LogP contribution in [0.2, 0.25) is 0 Å². The topological polar surface area (TPSA) is 0 Å². The Morgan fingerprint density at radius 1 is 0.474 bits per heavy atom. The fraction of sp³-hybridized carbons (Fsp3) is 0.222. The average Bonchev–Trinajstić information content (AvgIpc) is 3.28. The fourth-order valence-corrected chi connectivity index (χ4v) is 7.44. The van der Waals surface area contributed by atoms with Crippen molar-refractivity contribution in [2.45, 2.75) is 50.3 Å². The van der Waals surface area contributed by atoms with Crippen molar-refractivity contribution in [3.05, 3.63) is 130 Å². The van der Waals surface area contributed by atoms with Crippen LogP contribution in [0.5, 0.6) is 0 Å². The Morgan fingerprint density at radius 2 is 0.842 bits per heavy atom. The maximum atomic E-state index is 7.65. The lowest BCUT2D eigenvalue weighted by Gasteiger charge is -2.32. The number of hydrogen-bond acceptors (Lipinski definition) is 0. The van der Waals surface area contributed by atoms with Crippen molar-refractivity contribution < 1.29 is 0 Å². The zero-order chi connectivity index (χ0) is 26.7. The Bertz CT molecular complexity index is 1490. The van der Waals surface area contributed by atoms with Gasteiger partial charge in [-0.25, -0.2) is 0 Å². The average molecular weight is 536 g/mol. The first-order valence-corrected chi connectivity index (χ1v) is 14.2. The maximum absolute atomic E-state index is 7.65. The van der Waals surface area contributed by atoms with E-state index in [2.05, 4.69) is 125 Å². The molecular weight excluding hydrogens is 503 g/mol. The van der Waals surface area contributed by atoms with Crippen molar-refractivity contribution in [2.24, 2.45) is 0 Å². The molecule has 6 rings (SSSR count). The van der Waals surface area contributed by atoms with Gasteiger partial charge in [0.25, 0.3) is 0 Å². The smallest absolute Gasteiger partial charge is 0.0914 e. The molecule has 0 aliphatic heterocycles. The maximum Gasteiger partial charge on any atom is 0.0914 e. The highest BCUT2D eigenvalue weighted by atomic mass is 35.5. The molecule has 0 amide bonds. The summed E-state index contributed by atoms with van der Waals surface area (Å²) in [5.41, 5.74) is 14.9. The second kappa shape index (κ2) is 9.30. The van der Waals surface area contributed by atoms with Crippen LogP contribution < -0.4 is 0 Å². The molecule has 0 spiro atoms. The van der Waals surface area contributed by atoms with Crippen molar-refractivity contribution in [1.82, 2.24) is 0 Å². The molecule has 0 saturated carbocycles. The normalized spacial score (nSPS) is 22.2. The molecule has 0 aromatic heterocycles. The van der Waals surface area contributed by atoms with Crippen LogP contribution in [0.25, 0.3) is 33.4 Å². The molecule has 2 unspecified atom stereocenters. The minimum absolute atomic E-state index is 0.583. The molecule has 0 N–H and O–H groups in total. The SMILES string of the molecule is CC1=C(C)C(Cl)(CCC2(Cl)C(C)=C(C)c3c(-c4ccccc4)cccc32)c2cccc(-c3ccccc3)c21. The van der Waals surface area contributed by atoms with Gasteiger partial charge in [-0.05, 0) is 107 Å². The third-order valence-corrected chi connectivity index (χ3v) is 10.4. The highest BCUT2D eigenvalue weighted by Crippen LogP contribution is 2.59. The first-order chi connectivity index (χ1) is 18.3. The van der Waals surface area contributed by atoms with Gasteiger partial charge in [0.1, 0.15) is 0 Å². The molecule has 2 aliphatic rings. The summed E-state index contributed by atoms with van der Waals surface area (Å²) in [6.45, 7) is 8.82. The van der Waals surface area contributed by atoms with E-state index in [1.165, 1.54) is 66.8 Å². The molecule has 2 atom stereocenters. The summed E-state index contributed by atoms with van der Waals surface area (Å²) in [5.74, 6) is 0. The minimum Gasteiger partial charge on any atom is -0.109 e. The van der Waals surface area contributed by atoms with E-state index in [1.54, 1.807) is 0 Å². The van der Waals surface area contributed by atoms with Gasteiger partial charge in [-0.2, -0.15) is 0 Å². The van der Waals surface area contributed by atoms with Crippen LogP contribution in [0.15, 0.2) is 108 Å². The monoisotopic (exact) mass is 534 g/mol. The molecule has 4 aromatic rings. The Hall–Kier alpha value is -3.06. The van der Waals surface area contributed by atoms with E-state index in [0.29, 0.717) is 0 Å². The summed E-state index contributed by atoms with van der Waals surface area (Å²) in [7, 11) is 0. The Kier molecular flexibility index (Phi) is 6.17. The van der Waals surface area contributed by atoms with Gasteiger partial charge in [0.15, 0.2) is 0 Å². The number of fused-ring (bicyclic) bond motifs is 2. The van der Waals surface area contributed by atoms with Gasteiger partial charge < -0.3 is 0 Å². The number of hydrogen-bond donors (Lipinski definition) is 0. The Morgan fingerprint density at radius 3 is 1.21 bits per heavy atom. The molecule has 38 heavy (non-hydrogen) atoms. The van der Waals surface area contributed by atoms with Crippen LogP contribution in [0.3, 0.4) is 0 Å². The van der Waals surface area contributed by atoms with E-state index >= 15 is 0 Å². The number of allylic oxidation sites excluding steroid dienone is 4. The second-order valence-corrected chi connectivity index (χ2v) is 12.1. The van der Waals surface area contributed by atoms with Gasteiger partial charge in [0.05, 0.1) is 9.75 Å². The predicted octanol–water partition coefficient (Wildman–Crippen LogP) is 11.0. The lowest BCUT2D eigenvalue weighted by molar-refractivity contribution is 0.536. The summed E-state index contributed by atoms with van der Waals surface area (Å²) in [5, 5.41) is 0. The summed E-state index contributed by atoms with van der Waals surface area (Å²) >= 11 is 15.3. The van der Waals surface area contributed by atoms with Gasteiger partial charge >= 0.3 is 0 Å².